The molecule has 104 valence electrons. The van der Waals surface area contributed by atoms with Crippen LogP contribution in [0.15, 0.2) is 61.2 Å². The quantitative estimate of drug-likeness (QED) is 0.787. The summed E-state index contributed by atoms with van der Waals surface area (Å²) in [5.41, 5.74) is 1.32. The lowest BCUT2D eigenvalue weighted by Gasteiger charge is -2.05. The van der Waals surface area contributed by atoms with Crippen LogP contribution in [0.1, 0.15) is 16.1 Å². The molecule has 0 aliphatic carbocycles. The van der Waals surface area contributed by atoms with Gasteiger partial charge in [0.05, 0.1) is 0 Å². The predicted molar refractivity (Wildman–Crippen MR) is 76.8 cm³/mol. The van der Waals surface area contributed by atoms with Crippen molar-refractivity contribution in [2.24, 2.45) is 0 Å². The van der Waals surface area contributed by atoms with E-state index in [2.05, 4.69) is 20.5 Å². The molecule has 0 saturated carbocycles. The van der Waals surface area contributed by atoms with Crippen LogP contribution in [-0.2, 0) is 6.54 Å². The molecule has 0 saturated heterocycles. The normalized spacial score (nSPS) is 10.3. The SMILES string of the molecule is O=C(NCc1ccccc1)c1ccc(-n2ccnc2)nn1. The standard InChI is InChI=1S/C15H13N5O/c21-15(17-10-12-4-2-1-3-5-12)13-6-7-14(19-18-13)20-9-8-16-11-20/h1-9,11H,10H2,(H,17,21). The smallest absolute Gasteiger partial charge is 0.272 e. The molecule has 0 bridgehead atoms. The molecule has 0 atom stereocenters. The number of carbonyl (C=O) groups is 1. The lowest BCUT2D eigenvalue weighted by Crippen LogP contribution is -2.24. The molecular weight excluding hydrogens is 266 g/mol. The Bertz CT molecular complexity index is 708. The van der Waals surface area contributed by atoms with Gasteiger partial charge in [-0.2, -0.15) is 0 Å². The van der Waals surface area contributed by atoms with Crippen LogP contribution >= 0.6 is 0 Å². The zero-order chi connectivity index (χ0) is 14.5. The molecule has 1 N–H and O–H groups in total. The highest BCUT2D eigenvalue weighted by molar-refractivity contribution is 5.92. The van der Waals surface area contributed by atoms with Crippen LogP contribution in [0.2, 0.25) is 0 Å². The number of imidazole rings is 1. The summed E-state index contributed by atoms with van der Waals surface area (Å²) in [6.45, 7) is 0.463. The van der Waals surface area contributed by atoms with E-state index < -0.39 is 0 Å². The number of hydrogen-bond acceptors (Lipinski definition) is 4. The van der Waals surface area contributed by atoms with Crippen LogP contribution in [-0.4, -0.2) is 25.7 Å². The number of hydrogen-bond donors (Lipinski definition) is 1. The van der Waals surface area contributed by atoms with Crippen molar-refractivity contribution in [1.29, 1.82) is 0 Å². The zero-order valence-electron chi connectivity index (χ0n) is 11.2. The van der Waals surface area contributed by atoms with Gasteiger partial charge in [0, 0.05) is 18.9 Å². The Kier molecular flexibility index (Phi) is 3.68. The van der Waals surface area contributed by atoms with Gasteiger partial charge in [0.15, 0.2) is 11.5 Å². The molecule has 0 aliphatic heterocycles. The molecule has 3 rings (SSSR count). The first-order chi connectivity index (χ1) is 10.3. The maximum absolute atomic E-state index is 12.0. The Morgan fingerprint density at radius 2 is 1.95 bits per heavy atom. The molecule has 2 aromatic heterocycles. The molecular formula is C15H13N5O. The highest BCUT2D eigenvalue weighted by atomic mass is 16.1. The molecule has 0 spiro atoms. The van der Waals surface area contributed by atoms with Gasteiger partial charge >= 0.3 is 0 Å². The van der Waals surface area contributed by atoms with Crippen LogP contribution in [0.25, 0.3) is 5.82 Å². The van der Waals surface area contributed by atoms with Gasteiger partial charge in [0.1, 0.15) is 6.33 Å². The number of carbonyl (C=O) groups excluding carboxylic acids is 1. The largest absolute Gasteiger partial charge is 0.347 e. The third kappa shape index (κ3) is 3.11. The van der Waals surface area contributed by atoms with Gasteiger partial charge in [-0.3, -0.25) is 9.36 Å². The van der Waals surface area contributed by atoms with E-state index in [0.29, 0.717) is 12.4 Å². The minimum absolute atomic E-state index is 0.247. The summed E-state index contributed by atoms with van der Waals surface area (Å²) in [5, 5.41) is 10.8. The average molecular weight is 279 g/mol. The van der Waals surface area contributed by atoms with Crippen molar-refractivity contribution >= 4 is 5.91 Å². The Balaban J connectivity index is 1.65. The first-order valence-electron chi connectivity index (χ1n) is 6.47. The van der Waals surface area contributed by atoms with Gasteiger partial charge in [0.2, 0.25) is 0 Å². The van der Waals surface area contributed by atoms with E-state index in [1.165, 1.54) is 0 Å². The molecule has 6 nitrogen and oxygen atoms in total. The fourth-order valence-electron chi connectivity index (χ4n) is 1.85. The van der Waals surface area contributed by atoms with Gasteiger partial charge in [-0.15, -0.1) is 10.2 Å². The van der Waals surface area contributed by atoms with Crippen molar-refractivity contribution in [3.8, 4) is 5.82 Å². The lowest BCUT2D eigenvalue weighted by atomic mass is 10.2. The second-order valence-electron chi connectivity index (χ2n) is 4.42. The molecule has 0 aliphatic rings. The van der Waals surface area contributed by atoms with E-state index in [0.717, 1.165) is 5.56 Å². The maximum Gasteiger partial charge on any atom is 0.272 e. The Hall–Kier alpha value is -3.02. The molecule has 0 radical (unpaired) electrons. The van der Waals surface area contributed by atoms with E-state index in [1.54, 1.807) is 35.4 Å². The van der Waals surface area contributed by atoms with Crippen molar-refractivity contribution in [3.05, 3.63) is 72.4 Å². The third-order valence-electron chi connectivity index (χ3n) is 2.95. The number of rotatable bonds is 4. The number of benzene rings is 1. The molecule has 3 aromatic rings. The minimum Gasteiger partial charge on any atom is -0.347 e. The topological polar surface area (TPSA) is 72.7 Å². The lowest BCUT2D eigenvalue weighted by molar-refractivity contribution is 0.0945. The second kappa shape index (κ2) is 5.96. The van der Waals surface area contributed by atoms with Crippen LogP contribution in [0.3, 0.4) is 0 Å². The molecule has 21 heavy (non-hydrogen) atoms. The summed E-state index contributed by atoms with van der Waals surface area (Å²) < 4.78 is 1.72. The van der Waals surface area contributed by atoms with Gasteiger partial charge in [-0.25, -0.2) is 4.98 Å². The summed E-state index contributed by atoms with van der Waals surface area (Å²) >= 11 is 0. The van der Waals surface area contributed by atoms with E-state index in [1.807, 2.05) is 30.3 Å². The van der Waals surface area contributed by atoms with Gasteiger partial charge < -0.3 is 5.32 Å². The number of nitrogens with zero attached hydrogens (tertiary/aromatic N) is 4. The average Bonchev–Trinajstić information content (AvgIpc) is 3.08. The van der Waals surface area contributed by atoms with Crippen LogP contribution in [0.5, 0.6) is 0 Å². The number of nitrogens with one attached hydrogen (secondary N) is 1. The Morgan fingerprint density at radius 1 is 1.10 bits per heavy atom. The minimum atomic E-state index is -0.247. The van der Waals surface area contributed by atoms with Crippen molar-refractivity contribution in [3.63, 3.8) is 0 Å². The highest BCUT2D eigenvalue weighted by Crippen LogP contribution is 2.03. The van der Waals surface area contributed by atoms with Crippen LogP contribution in [0.4, 0.5) is 0 Å². The van der Waals surface area contributed by atoms with E-state index >= 15 is 0 Å². The first kappa shape index (κ1) is 13.0. The second-order valence-corrected chi connectivity index (χ2v) is 4.42. The van der Waals surface area contributed by atoms with Crippen LogP contribution < -0.4 is 5.32 Å². The van der Waals surface area contributed by atoms with E-state index in [-0.39, 0.29) is 11.6 Å². The summed E-state index contributed by atoms with van der Waals surface area (Å²) in [5.74, 6) is 0.371. The van der Waals surface area contributed by atoms with Gasteiger partial charge in [0.25, 0.3) is 5.91 Å². The zero-order valence-corrected chi connectivity index (χ0v) is 11.2. The van der Waals surface area contributed by atoms with E-state index in [4.69, 9.17) is 0 Å². The monoisotopic (exact) mass is 279 g/mol. The maximum atomic E-state index is 12.0. The molecule has 2 heterocycles. The number of aromatic nitrogens is 4. The molecule has 1 amide bonds. The van der Waals surface area contributed by atoms with Crippen LogP contribution in [0, 0.1) is 0 Å². The Morgan fingerprint density at radius 3 is 2.62 bits per heavy atom. The van der Waals surface area contributed by atoms with Crippen molar-refractivity contribution in [2.45, 2.75) is 6.54 Å². The van der Waals surface area contributed by atoms with Gasteiger partial charge in [-0.1, -0.05) is 30.3 Å². The number of amides is 1. The summed E-state index contributed by atoms with van der Waals surface area (Å²) in [7, 11) is 0. The highest BCUT2D eigenvalue weighted by Gasteiger charge is 2.08. The third-order valence-corrected chi connectivity index (χ3v) is 2.95. The molecule has 0 fully saturated rings. The summed E-state index contributed by atoms with van der Waals surface area (Å²) in [6, 6.07) is 13.1. The summed E-state index contributed by atoms with van der Waals surface area (Å²) in [4.78, 5) is 15.9. The molecule has 6 heteroatoms. The fourth-order valence-corrected chi connectivity index (χ4v) is 1.85. The predicted octanol–water partition coefficient (Wildman–Crippen LogP) is 1.59. The first-order valence-corrected chi connectivity index (χ1v) is 6.47. The van der Waals surface area contributed by atoms with Gasteiger partial charge in [-0.05, 0) is 17.7 Å². The van der Waals surface area contributed by atoms with Crippen molar-refractivity contribution < 1.29 is 4.79 Å². The van der Waals surface area contributed by atoms with Crippen molar-refractivity contribution in [2.75, 3.05) is 0 Å². The molecule has 1 aromatic carbocycles. The molecule has 0 unspecified atom stereocenters. The van der Waals surface area contributed by atoms with Crippen molar-refractivity contribution in [1.82, 2.24) is 25.1 Å². The summed E-state index contributed by atoms with van der Waals surface area (Å²) in [6.07, 6.45) is 5.04. The Labute approximate surface area is 121 Å². The van der Waals surface area contributed by atoms with E-state index in [9.17, 15) is 4.79 Å². The fraction of sp³-hybridized carbons (Fsp3) is 0.0667.